The van der Waals surface area contributed by atoms with Crippen LogP contribution in [0.1, 0.15) is 0 Å². The molecule has 0 spiro atoms. The van der Waals surface area contributed by atoms with Crippen LogP contribution in [0.2, 0.25) is 0 Å². The Bertz CT molecular complexity index is 228. The highest BCUT2D eigenvalue weighted by Crippen LogP contribution is 1.87. The van der Waals surface area contributed by atoms with Gasteiger partial charge in [-0.15, -0.1) is 0 Å². The summed E-state index contributed by atoms with van der Waals surface area (Å²) < 4.78 is 5.06. The van der Waals surface area contributed by atoms with E-state index in [9.17, 15) is 4.80 Å². The van der Waals surface area contributed by atoms with Crippen molar-refractivity contribution >= 4 is 14.2 Å². The molecule has 0 radical (unpaired) electrons. The largest absolute Gasteiger partial charge is 0.428 e. The lowest BCUT2D eigenvalue weighted by molar-refractivity contribution is 0.116. The van der Waals surface area contributed by atoms with Crippen LogP contribution in [0.5, 0.6) is 0 Å². The fourth-order valence-corrected chi connectivity index (χ4v) is 2.28. The second-order valence-electron chi connectivity index (χ2n) is 2.73. The molecule has 0 saturated heterocycles. The van der Waals surface area contributed by atoms with Gasteiger partial charge >= 0.3 is 0 Å². The molecule has 0 aliphatic heterocycles. The molecule has 0 aliphatic carbocycles. The van der Waals surface area contributed by atoms with Crippen molar-refractivity contribution in [2.45, 2.75) is 0 Å². The molecule has 1 aromatic carbocycles. The molecule has 0 heterocycles. The van der Waals surface area contributed by atoms with Crippen molar-refractivity contribution in [1.29, 1.82) is 0 Å². The van der Waals surface area contributed by atoms with Gasteiger partial charge in [0.2, 0.25) is 9.04 Å². The van der Waals surface area contributed by atoms with Crippen molar-refractivity contribution < 1.29 is 14.6 Å². The van der Waals surface area contributed by atoms with Crippen molar-refractivity contribution in [3.8, 4) is 0 Å². The summed E-state index contributed by atoms with van der Waals surface area (Å²) in [4.78, 5) is 9.68. The molecule has 72 valence electrons. The highest BCUT2D eigenvalue weighted by molar-refractivity contribution is 6.66. The first-order valence-electron chi connectivity index (χ1n) is 4.26. The SMILES string of the molecule is OCCOC[SiH](O)c1ccccc1. The van der Waals surface area contributed by atoms with Crippen LogP contribution in [0.15, 0.2) is 30.3 Å². The molecule has 0 saturated carbocycles. The first-order chi connectivity index (χ1) is 6.34. The van der Waals surface area contributed by atoms with Crippen LogP contribution >= 0.6 is 0 Å². The van der Waals surface area contributed by atoms with Gasteiger partial charge in [-0.05, 0) is 5.19 Å². The van der Waals surface area contributed by atoms with E-state index in [0.717, 1.165) is 5.19 Å². The van der Waals surface area contributed by atoms with Crippen LogP contribution in [0.3, 0.4) is 0 Å². The number of benzene rings is 1. The van der Waals surface area contributed by atoms with Crippen molar-refractivity contribution in [2.75, 3.05) is 19.4 Å². The number of rotatable bonds is 5. The normalized spacial score (nSPS) is 12.8. The average Bonchev–Trinajstić information content (AvgIpc) is 2.19. The van der Waals surface area contributed by atoms with E-state index in [-0.39, 0.29) is 6.61 Å². The summed E-state index contributed by atoms with van der Waals surface area (Å²) in [7, 11) is -1.93. The Hall–Kier alpha value is -0.683. The van der Waals surface area contributed by atoms with Gasteiger partial charge in [-0.3, -0.25) is 0 Å². The zero-order valence-electron chi connectivity index (χ0n) is 7.39. The maximum Gasteiger partial charge on any atom is 0.229 e. The van der Waals surface area contributed by atoms with E-state index >= 15 is 0 Å². The average molecular weight is 198 g/mol. The Kier molecular flexibility index (Phi) is 4.70. The minimum atomic E-state index is -1.93. The fraction of sp³-hybridized carbons (Fsp3) is 0.333. The van der Waals surface area contributed by atoms with Gasteiger partial charge < -0.3 is 14.6 Å². The second kappa shape index (κ2) is 5.88. The third-order valence-corrected chi connectivity index (χ3v) is 3.40. The second-order valence-corrected chi connectivity index (χ2v) is 4.76. The van der Waals surface area contributed by atoms with Crippen LogP contribution in [0.4, 0.5) is 0 Å². The molecule has 1 rings (SSSR count). The summed E-state index contributed by atoms with van der Waals surface area (Å²) in [6, 6.07) is 9.52. The lowest BCUT2D eigenvalue weighted by Crippen LogP contribution is -2.35. The zero-order chi connectivity index (χ0) is 9.52. The molecule has 4 heteroatoms. The fourth-order valence-electron chi connectivity index (χ4n) is 1.03. The van der Waals surface area contributed by atoms with E-state index in [1.54, 1.807) is 0 Å². The molecule has 0 aromatic heterocycles. The summed E-state index contributed by atoms with van der Waals surface area (Å²) in [6.07, 6.45) is 0.366. The smallest absolute Gasteiger partial charge is 0.229 e. The Morgan fingerprint density at radius 3 is 2.54 bits per heavy atom. The Morgan fingerprint density at radius 2 is 1.92 bits per heavy atom. The van der Waals surface area contributed by atoms with Crippen LogP contribution < -0.4 is 5.19 Å². The minimum Gasteiger partial charge on any atom is -0.428 e. The van der Waals surface area contributed by atoms with Gasteiger partial charge in [0.25, 0.3) is 0 Å². The zero-order valence-corrected chi connectivity index (χ0v) is 8.54. The van der Waals surface area contributed by atoms with E-state index in [1.807, 2.05) is 30.3 Å². The molecule has 1 atom stereocenters. The van der Waals surface area contributed by atoms with Crippen LogP contribution in [-0.2, 0) is 4.74 Å². The molecule has 13 heavy (non-hydrogen) atoms. The van der Waals surface area contributed by atoms with Crippen LogP contribution in [0.25, 0.3) is 0 Å². The van der Waals surface area contributed by atoms with E-state index in [4.69, 9.17) is 9.84 Å². The molecule has 1 aromatic rings. The number of ether oxygens (including phenoxy) is 1. The first-order valence-corrected chi connectivity index (χ1v) is 6.17. The molecular formula is C9H14O3Si. The summed E-state index contributed by atoms with van der Waals surface area (Å²) in [5, 5.41) is 9.43. The topological polar surface area (TPSA) is 49.7 Å². The Labute approximate surface area is 79.3 Å². The van der Waals surface area contributed by atoms with Gasteiger partial charge in [-0.1, -0.05) is 30.3 Å². The van der Waals surface area contributed by atoms with Crippen LogP contribution in [0, 0.1) is 0 Å². The number of aliphatic hydroxyl groups is 1. The molecular weight excluding hydrogens is 184 g/mol. The van der Waals surface area contributed by atoms with Gasteiger partial charge in [0.15, 0.2) is 0 Å². The highest BCUT2D eigenvalue weighted by atomic mass is 28.3. The summed E-state index contributed by atoms with van der Waals surface area (Å²) in [5.74, 6) is 0. The van der Waals surface area contributed by atoms with Crippen molar-refractivity contribution in [3.63, 3.8) is 0 Å². The predicted molar refractivity (Wildman–Crippen MR) is 53.3 cm³/mol. The lowest BCUT2D eigenvalue weighted by Gasteiger charge is -2.08. The number of hydrogen-bond donors (Lipinski definition) is 2. The van der Waals surface area contributed by atoms with Gasteiger partial charge in [0.05, 0.1) is 19.4 Å². The van der Waals surface area contributed by atoms with E-state index in [2.05, 4.69) is 0 Å². The van der Waals surface area contributed by atoms with Gasteiger partial charge in [0.1, 0.15) is 0 Å². The highest BCUT2D eigenvalue weighted by Gasteiger charge is 2.08. The predicted octanol–water partition coefficient (Wildman–Crippen LogP) is -0.842. The monoisotopic (exact) mass is 198 g/mol. The maximum absolute atomic E-state index is 9.68. The Morgan fingerprint density at radius 1 is 1.23 bits per heavy atom. The first kappa shape index (κ1) is 10.4. The standard InChI is InChI=1S/C9H14O3Si/c10-6-7-12-8-13(11)9-4-2-1-3-5-9/h1-5,10-11,13H,6-8H2. The van der Waals surface area contributed by atoms with E-state index in [1.165, 1.54) is 0 Å². The molecule has 0 amide bonds. The third-order valence-electron chi connectivity index (χ3n) is 1.70. The van der Waals surface area contributed by atoms with E-state index < -0.39 is 9.04 Å². The minimum absolute atomic E-state index is 0.00983. The molecule has 0 fully saturated rings. The van der Waals surface area contributed by atoms with Crippen LogP contribution in [-0.4, -0.2) is 38.4 Å². The summed E-state index contributed by atoms with van der Waals surface area (Å²) in [5.41, 5.74) is 0. The van der Waals surface area contributed by atoms with Crippen molar-refractivity contribution in [1.82, 2.24) is 0 Å². The maximum atomic E-state index is 9.68. The quantitative estimate of drug-likeness (QED) is 0.479. The van der Waals surface area contributed by atoms with Crippen molar-refractivity contribution in [3.05, 3.63) is 30.3 Å². The number of aliphatic hydroxyl groups excluding tert-OH is 1. The van der Waals surface area contributed by atoms with E-state index in [0.29, 0.717) is 12.8 Å². The molecule has 0 aliphatic rings. The summed E-state index contributed by atoms with van der Waals surface area (Å²) >= 11 is 0. The van der Waals surface area contributed by atoms with Gasteiger partial charge in [0, 0.05) is 0 Å². The van der Waals surface area contributed by atoms with Gasteiger partial charge in [-0.25, -0.2) is 0 Å². The Balaban J connectivity index is 2.35. The van der Waals surface area contributed by atoms with Gasteiger partial charge in [-0.2, -0.15) is 0 Å². The third kappa shape index (κ3) is 3.69. The molecule has 1 unspecified atom stereocenters. The summed E-state index contributed by atoms with van der Waals surface area (Å²) in [6.45, 7) is 0.312. The number of hydrogen-bond acceptors (Lipinski definition) is 3. The molecule has 3 nitrogen and oxygen atoms in total. The van der Waals surface area contributed by atoms with Crippen molar-refractivity contribution in [2.24, 2.45) is 0 Å². The lowest BCUT2D eigenvalue weighted by atomic mass is 10.4. The molecule has 0 bridgehead atoms. The molecule has 2 N–H and O–H groups in total.